The molecule has 0 bridgehead atoms. The molecular weight excluding hydrogens is 342 g/mol. The molecule has 1 aliphatic heterocycles. The first kappa shape index (κ1) is 21.4. The predicted molar refractivity (Wildman–Crippen MR) is 108 cm³/mol. The second-order valence-corrected chi connectivity index (χ2v) is 7.67. The van der Waals surface area contributed by atoms with Gasteiger partial charge in [-0.05, 0) is 37.0 Å². The maximum absolute atomic E-state index is 12.3. The number of nitrogens with one attached hydrogen (secondary N) is 1. The summed E-state index contributed by atoms with van der Waals surface area (Å²) in [7, 11) is 0. The maximum atomic E-state index is 12.3. The van der Waals surface area contributed by atoms with Crippen molar-refractivity contribution >= 4 is 17.5 Å². The second kappa shape index (κ2) is 10.4. The van der Waals surface area contributed by atoms with Gasteiger partial charge in [-0.3, -0.25) is 14.5 Å². The quantitative estimate of drug-likeness (QED) is 0.709. The number of aryl methyl sites for hydroxylation is 1. The van der Waals surface area contributed by atoms with E-state index >= 15 is 0 Å². The van der Waals surface area contributed by atoms with Crippen LogP contribution in [0.15, 0.2) is 18.2 Å². The van der Waals surface area contributed by atoms with Crippen molar-refractivity contribution in [2.45, 2.75) is 34.1 Å². The molecule has 0 spiro atoms. The lowest BCUT2D eigenvalue weighted by Crippen LogP contribution is -2.50. The molecule has 0 aliphatic carbocycles. The van der Waals surface area contributed by atoms with Gasteiger partial charge >= 0.3 is 0 Å². The summed E-state index contributed by atoms with van der Waals surface area (Å²) in [6.45, 7) is 12.5. The van der Waals surface area contributed by atoms with E-state index in [1.54, 1.807) is 0 Å². The van der Waals surface area contributed by atoms with Crippen LogP contribution in [0.4, 0.5) is 5.69 Å². The zero-order chi connectivity index (χ0) is 19.8. The number of hydrogen-bond acceptors (Lipinski definition) is 4. The third-order valence-electron chi connectivity index (χ3n) is 4.88. The van der Waals surface area contributed by atoms with Crippen LogP contribution in [0.2, 0.25) is 0 Å². The van der Waals surface area contributed by atoms with Crippen molar-refractivity contribution in [3.8, 4) is 0 Å². The first-order chi connectivity index (χ1) is 12.9. The topological polar surface area (TPSA) is 61.9 Å². The van der Waals surface area contributed by atoms with Crippen LogP contribution in [0.3, 0.4) is 0 Å². The van der Waals surface area contributed by atoms with E-state index in [-0.39, 0.29) is 11.8 Å². The average Bonchev–Trinajstić information content (AvgIpc) is 2.63. The van der Waals surface area contributed by atoms with Crippen LogP contribution in [0.5, 0.6) is 0 Å². The first-order valence-electron chi connectivity index (χ1n) is 9.80. The molecule has 1 aliphatic rings. The van der Waals surface area contributed by atoms with Crippen molar-refractivity contribution in [1.82, 2.24) is 9.80 Å². The van der Waals surface area contributed by atoms with E-state index in [2.05, 4.69) is 24.1 Å². The smallest absolute Gasteiger partial charge is 0.238 e. The van der Waals surface area contributed by atoms with E-state index in [0.29, 0.717) is 45.2 Å². The molecule has 1 aromatic rings. The van der Waals surface area contributed by atoms with Crippen LogP contribution in [0, 0.1) is 19.8 Å². The number of anilines is 1. The average molecular weight is 376 g/mol. The van der Waals surface area contributed by atoms with Gasteiger partial charge in [-0.25, -0.2) is 0 Å². The van der Waals surface area contributed by atoms with Crippen molar-refractivity contribution < 1.29 is 14.3 Å². The molecule has 2 rings (SSSR count). The Morgan fingerprint density at radius 1 is 1.15 bits per heavy atom. The third kappa shape index (κ3) is 6.96. The number of nitrogens with zero attached hydrogens (tertiary/aromatic N) is 2. The van der Waals surface area contributed by atoms with E-state index in [1.165, 1.54) is 0 Å². The van der Waals surface area contributed by atoms with Crippen LogP contribution in [-0.2, 0) is 14.3 Å². The Bertz CT molecular complexity index is 638. The number of carbonyl (C=O) groups is 2. The normalized spacial score (nSPS) is 15.2. The highest BCUT2D eigenvalue weighted by atomic mass is 16.5. The van der Waals surface area contributed by atoms with Crippen molar-refractivity contribution in [1.29, 1.82) is 0 Å². The molecule has 6 heteroatoms. The number of carbonyl (C=O) groups excluding carboxylic acids is 2. The SMILES string of the molecule is Cc1cccc(NC(=O)CN2CCN(C(=O)CCOCC(C)C)CC2)c1C. The fraction of sp³-hybridized carbons (Fsp3) is 0.619. The summed E-state index contributed by atoms with van der Waals surface area (Å²) in [5.74, 6) is 0.613. The van der Waals surface area contributed by atoms with Gasteiger partial charge in [-0.1, -0.05) is 26.0 Å². The summed E-state index contributed by atoms with van der Waals surface area (Å²) in [6, 6.07) is 5.92. The molecule has 2 amide bonds. The summed E-state index contributed by atoms with van der Waals surface area (Å²) in [4.78, 5) is 28.5. The van der Waals surface area contributed by atoms with Crippen LogP contribution in [0.1, 0.15) is 31.4 Å². The van der Waals surface area contributed by atoms with Crippen LogP contribution in [-0.4, -0.2) is 67.6 Å². The Morgan fingerprint density at radius 2 is 1.85 bits per heavy atom. The minimum absolute atomic E-state index is 0.00874. The molecule has 1 aromatic carbocycles. The number of benzene rings is 1. The summed E-state index contributed by atoms with van der Waals surface area (Å²) >= 11 is 0. The lowest BCUT2D eigenvalue weighted by Gasteiger charge is -2.34. The molecule has 0 radical (unpaired) electrons. The first-order valence-corrected chi connectivity index (χ1v) is 9.80. The summed E-state index contributed by atoms with van der Waals surface area (Å²) in [5.41, 5.74) is 3.13. The van der Waals surface area contributed by atoms with E-state index in [4.69, 9.17) is 4.74 Å². The molecule has 27 heavy (non-hydrogen) atoms. The number of piperazine rings is 1. The zero-order valence-electron chi connectivity index (χ0n) is 17.1. The molecule has 0 atom stereocenters. The molecule has 0 unspecified atom stereocenters. The maximum Gasteiger partial charge on any atom is 0.238 e. The Labute approximate surface area is 162 Å². The van der Waals surface area contributed by atoms with Crippen LogP contribution < -0.4 is 5.32 Å². The van der Waals surface area contributed by atoms with Gasteiger partial charge in [0.1, 0.15) is 0 Å². The number of ether oxygens (including phenoxy) is 1. The molecule has 1 fully saturated rings. The fourth-order valence-electron chi connectivity index (χ4n) is 3.07. The Balaban J connectivity index is 1.70. The van der Waals surface area contributed by atoms with Crippen LogP contribution in [0.25, 0.3) is 0 Å². The Morgan fingerprint density at radius 3 is 2.52 bits per heavy atom. The minimum atomic E-state index is -0.00874. The van der Waals surface area contributed by atoms with Gasteiger partial charge in [0.15, 0.2) is 0 Å². The second-order valence-electron chi connectivity index (χ2n) is 7.67. The third-order valence-corrected chi connectivity index (χ3v) is 4.88. The molecule has 0 aromatic heterocycles. The fourth-order valence-corrected chi connectivity index (χ4v) is 3.07. The van der Waals surface area contributed by atoms with Gasteiger partial charge in [0, 0.05) is 38.5 Å². The largest absolute Gasteiger partial charge is 0.381 e. The highest BCUT2D eigenvalue weighted by Gasteiger charge is 2.22. The highest BCUT2D eigenvalue weighted by Crippen LogP contribution is 2.18. The van der Waals surface area contributed by atoms with Gasteiger partial charge in [0.2, 0.25) is 11.8 Å². The van der Waals surface area contributed by atoms with Crippen LogP contribution >= 0.6 is 0 Å². The molecule has 0 saturated carbocycles. The van der Waals surface area contributed by atoms with Gasteiger partial charge in [-0.2, -0.15) is 0 Å². The van der Waals surface area contributed by atoms with Gasteiger partial charge in [0.25, 0.3) is 0 Å². The molecule has 150 valence electrons. The van der Waals surface area contributed by atoms with Crippen molar-refractivity contribution in [3.63, 3.8) is 0 Å². The van der Waals surface area contributed by atoms with Crippen molar-refractivity contribution in [2.75, 3.05) is 51.3 Å². The van der Waals surface area contributed by atoms with E-state index in [1.807, 2.05) is 36.9 Å². The molecule has 1 heterocycles. The highest BCUT2D eigenvalue weighted by molar-refractivity contribution is 5.93. The zero-order valence-corrected chi connectivity index (χ0v) is 17.1. The molecule has 1 saturated heterocycles. The molecule has 6 nitrogen and oxygen atoms in total. The Hall–Kier alpha value is -1.92. The van der Waals surface area contributed by atoms with Crippen molar-refractivity contribution in [2.24, 2.45) is 5.92 Å². The summed E-state index contributed by atoms with van der Waals surface area (Å²) in [6.07, 6.45) is 0.430. The van der Waals surface area contributed by atoms with Crippen molar-refractivity contribution in [3.05, 3.63) is 29.3 Å². The Kier molecular flexibility index (Phi) is 8.25. The van der Waals surface area contributed by atoms with Gasteiger partial charge in [-0.15, -0.1) is 0 Å². The molecule has 1 N–H and O–H groups in total. The lowest BCUT2D eigenvalue weighted by atomic mass is 10.1. The minimum Gasteiger partial charge on any atom is -0.381 e. The number of hydrogen-bond donors (Lipinski definition) is 1. The number of amides is 2. The number of rotatable bonds is 8. The predicted octanol–water partition coefficient (Wildman–Crippen LogP) is 2.45. The standard InChI is InChI=1S/C21H33N3O3/c1-16(2)15-27-13-8-21(26)24-11-9-23(10-12-24)14-20(25)22-19-7-5-6-17(3)18(19)4/h5-7,16H,8-15H2,1-4H3,(H,22,25). The van der Waals surface area contributed by atoms with E-state index in [9.17, 15) is 9.59 Å². The lowest BCUT2D eigenvalue weighted by molar-refractivity contribution is -0.134. The van der Waals surface area contributed by atoms with E-state index < -0.39 is 0 Å². The summed E-state index contributed by atoms with van der Waals surface area (Å²) in [5, 5.41) is 3.00. The van der Waals surface area contributed by atoms with Gasteiger partial charge in [0.05, 0.1) is 19.6 Å². The summed E-state index contributed by atoms with van der Waals surface area (Å²) < 4.78 is 5.49. The monoisotopic (exact) mass is 375 g/mol. The van der Waals surface area contributed by atoms with Gasteiger partial charge < -0.3 is 15.0 Å². The van der Waals surface area contributed by atoms with E-state index in [0.717, 1.165) is 29.9 Å². The molecular formula is C21H33N3O3.